The van der Waals surface area contributed by atoms with Gasteiger partial charge in [0.25, 0.3) is 11.5 Å². The van der Waals surface area contributed by atoms with E-state index in [0.29, 0.717) is 52.3 Å². The maximum Gasteiger partial charge on any atom is 0.267 e. The lowest BCUT2D eigenvalue weighted by Crippen LogP contribution is -2.46. The number of thioether (sulfide) groups is 1. The van der Waals surface area contributed by atoms with Crippen LogP contribution in [0.2, 0.25) is 0 Å². The molecule has 2 atom stereocenters. The van der Waals surface area contributed by atoms with E-state index in [1.54, 1.807) is 21.6 Å². The van der Waals surface area contributed by atoms with Gasteiger partial charge in [-0.3, -0.25) is 18.9 Å². The Morgan fingerprint density at radius 3 is 2.56 bits per heavy atom. The molecule has 9 heteroatoms. The van der Waals surface area contributed by atoms with Gasteiger partial charge in [-0.15, -0.1) is 0 Å². The predicted octanol–water partition coefficient (Wildman–Crippen LogP) is 4.06. The van der Waals surface area contributed by atoms with E-state index < -0.39 is 0 Å². The summed E-state index contributed by atoms with van der Waals surface area (Å²) >= 11 is 6.78. The van der Waals surface area contributed by atoms with Crippen LogP contribution in [0.4, 0.5) is 5.82 Å². The monoisotopic (exact) mass is 520 g/mol. The van der Waals surface area contributed by atoms with Crippen LogP contribution in [0, 0.1) is 6.92 Å². The fraction of sp³-hybridized carbons (Fsp3) is 0.333. The van der Waals surface area contributed by atoms with Crippen LogP contribution in [0.25, 0.3) is 11.7 Å². The second kappa shape index (κ2) is 10.2. The van der Waals surface area contributed by atoms with E-state index in [1.165, 1.54) is 11.8 Å². The van der Waals surface area contributed by atoms with Crippen molar-refractivity contribution in [2.45, 2.75) is 39.4 Å². The van der Waals surface area contributed by atoms with Crippen LogP contribution >= 0.6 is 24.0 Å². The summed E-state index contributed by atoms with van der Waals surface area (Å²) in [5.74, 6) is 0.393. The van der Waals surface area contributed by atoms with Crippen molar-refractivity contribution in [2.75, 3.05) is 24.5 Å². The van der Waals surface area contributed by atoms with Gasteiger partial charge in [-0.05, 0) is 50.5 Å². The Balaban J connectivity index is 1.53. The van der Waals surface area contributed by atoms with Crippen LogP contribution in [-0.4, -0.2) is 56.4 Å². The normalized spacial score (nSPS) is 21.7. The first-order valence-corrected chi connectivity index (χ1v) is 13.3. The van der Waals surface area contributed by atoms with Crippen molar-refractivity contribution in [3.63, 3.8) is 0 Å². The number of morpholine rings is 1. The average molecular weight is 521 g/mol. The number of rotatable bonds is 5. The quantitative estimate of drug-likeness (QED) is 0.371. The summed E-state index contributed by atoms with van der Waals surface area (Å²) in [6.45, 7) is 7.67. The summed E-state index contributed by atoms with van der Waals surface area (Å²) < 4.78 is 7.95. The van der Waals surface area contributed by atoms with Gasteiger partial charge < -0.3 is 9.64 Å². The number of anilines is 1. The minimum atomic E-state index is -0.208. The molecule has 1 amide bonds. The number of thiocarbonyl (C=S) groups is 1. The molecule has 2 unspecified atom stereocenters. The summed E-state index contributed by atoms with van der Waals surface area (Å²) in [5.41, 5.74) is 2.84. The molecule has 0 saturated carbocycles. The lowest BCUT2D eigenvalue weighted by Gasteiger charge is -2.36. The van der Waals surface area contributed by atoms with Gasteiger partial charge in [0.15, 0.2) is 0 Å². The van der Waals surface area contributed by atoms with Crippen molar-refractivity contribution >= 4 is 51.7 Å². The van der Waals surface area contributed by atoms with Crippen molar-refractivity contribution in [1.82, 2.24) is 14.3 Å². The van der Waals surface area contributed by atoms with Gasteiger partial charge in [0.2, 0.25) is 0 Å². The predicted molar refractivity (Wildman–Crippen MR) is 148 cm³/mol. The van der Waals surface area contributed by atoms with Crippen molar-refractivity contribution in [3.05, 3.63) is 80.6 Å². The minimum absolute atomic E-state index is 0.00364. The van der Waals surface area contributed by atoms with Gasteiger partial charge in [0, 0.05) is 25.8 Å². The van der Waals surface area contributed by atoms with E-state index in [9.17, 15) is 9.59 Å². The van der Waals surface area contributed by atoms with Gasteiger partial charge in [0.1, 0.15) is 15.8 Å². The molecule has 2 fully saturated rings. The fourth-order valence-corrected chi connectivity index (χ4v) is 5.96. The maximum atomic E-state index is 13.7. The van der Waals surface area contributed by atoms with Gasteiger partial charge in [-0.2, -0.15) is 0 Å². The number of amides is 1. The first-order chi connectivity index (χ1) is 17.3. The number of carbonyl (C=O) groups is 1. The molecule has 2 aromatic heterocycles. The van der Waals surface area contributed by atoms with Crippen LogP contribution in [0.5, 0.6) is 0 Å². The zero-order valence-electron chi connectivity index (χ0n) is 20.5. The summed E-state index contributed by atoms with van der Waals surface area (Å²) in [4.78, 5) is 36.1. The van der Waals surface area contributed by atoms with Crippen LogP contribution in [0.15, 0.2) is 58.4 Å². The Labute approximate surface area is 219 Å². The van der Waals surface area contributed by atoms with E-state index in [0.717, 1.165) is 11.1 Å². The number of hydrogen-bond acceptors (Lipinski definition) is 7. The number of hydrogen-bond donors (Lipinski definition) is 0. The largest absolute Gasteiger partial charge is 0.372 e. The standard InChI is InChI=1S/C27H28N4O3S2/c1-17-9-10-23-28-24(29-15-18(2)34-19(3)16-29)21(25(32)31(23)14-17)13-22-26(33)30(27(35)36-22)12-11-20-7-5-4-6-8-20/h4-10,13-14,18-19H,11-12,15-16H2,1-3H3/b22-13+. The van der Waals surface area contributed by atoms with E-state index in [1.807, 2.05) is 63.2 Å². The third-order valence-electron chi connectivity index (χ3n) is 6.32. The number of aromatic nitrogens is 2. The first kappa shape index (κ1) is 24.7. The van der Waals surface area contributed by atoms with Gasteiger partial charge in [-0.1, -0.05) is 60.4 Å². The second-order valence-electron chi connectivity index (χ2n) is 9.32. The summed E-state index contributed by atoms with van der Waals surface area (Å²) in [6.07, 6.45) is 4.15. The molecule has 1 aromatic carbocycles. The maximum absolute atomic E-state index is 13.7. The third-order valence-corrected chi connectivity index (χ3v) is 7.70. The number of aryl methyl sites for hydroxylation is 1. The number of pyridine rings is 1. The highest BCUT2D eigenvalue weighted by Gasteiger charge is 2.33. The molecule has 2 saturated heterocycles. The van der Waals surface area contributed by atoms with E-state index in [2.05, 4.69) is 4.90 Å². The molecule has 0 spiro atoms. The molecule has 3 aromatic rings. The van der Waals surface area contributed by atoms with Crippen molar-refractivity contribution in [2.24, 2.45) is 0 Å². The van der Waals surface area contributed by atoms with Crippen molar-refractivity contribution in [1.29, 1.82) is 0 Å². The van der Waals surface area contributed by atoms with E-state index >= 15 is 0 Å². The number of nitrogens with zero attached hydrogens (tertiary/aromatic N) is 4. The first-order valence-electron chi connectivity index (χ1n) is 12.0. The number of ether oxygens (including phenoxy) is 1. The Hall–Kier alpha value is -3.01. The van der Waals surface area contributed by atoms with Crippen LogP contribution in [-0.2, 0) is 16.0 Å². The van der Waals surface area contributed by atoms with Crippen molar-refractivity contribution in [3.8, 4) is 0 Å². The average Bonchev–Trinajstić information content (AvgIpc) is 3.11. The van der Waals surface area contributed by atoms with Gasteiger partial charge >= 0.3 is 0 Å². The van der Waals surface area contributed by atoms with Crippen LogP contribution < -0.4 is 10.5 Å². The summed E-state index contributed by atoms with van der Waals surface area (Å²) in [6, 6.07) is 13.8. The highest BCUT2D eigenvalue weighted by molar-refractivity contribution is 8.26. The molecule has 2 aliphatic heterocycles. The van der Waals surface area contributed by atoms with E-state index in [4.69, 9.17) is 21.9 Å². The molecule has 186 valence electrons. The molecule has 0 aliphatic carbocycles. The number of carbonyl (C=O) groups excluding carboxylic acids is 1. The third kappa shape index (κ3) is 4.96. The van der Waals surface area contributed by atoms with Gasteiger partial charge in [-0.25, -0.2) is 4.98 Å². The van der Waals surface area contributed by atoms with Crippen LogP contribution in [0.3, 0.4) is 0 Å². The highest BCUT2D eigenvalue weighted by atomic mass is 32.2. The smallest absolute Gasteiger partial charge is 0.267 e. The fourth-order valence-electron chi connectivity index (χ4n) is 4.67. The van der Waals surface area contributed by atoms with Crippen LogP contribution in [0.1, 0.15) is 30.5 Å². The number of fused-ring (bicyclic) bond motifs is 1. The molecular formula is C27H28N4O3S2. The minimum Gasteiger partial charge on any atom is -0.372 e. The van der Waals surface area contributed by atoms with Gasteiger partial charge in [0.05, 0.1) is 22.7 Å². The molecule has 0 N–H and O–H groups in total. The lowest BCUT2D eigenvalue weighted by atomic mass is 10.1. The summed E-state index contributed by atoms with van der Waals surface area (Å²) in [7, 11) is 0. The Bertz CT molecular complexity index is 1410. The molecule has 5 rings (SSSR count). The number of benzene rings is 1. The molecule has 4 heterocycles. The highest BCUT2D eigenvalue weighted by Crippen LogP contribution is 2.34. The Morgan fingerprint density at radius 1 is 1.11 bits per heavy atom. The zero-order chi connectivity index (χ0) is 25.4. The Morgan fingerprint density at radius 2 is 1.83 bits per heavy atom. The topological polar surface area (TPSA) is 67.2 Å². The SMILES string of the molecule is Cc1ccc2nc(N3CC(C)OC(C)C3)c(/C=C3/SC(=S)N(CCc4ccccc4)C3=O)c(=O)n2c1. The van der Waals surface area contributed by atoms with Crippen molar-refractivity contribution < 1.29 is 9.53 Å². The Kier molecular flexibility index (Phi) is 6.96. The molecule has 0 radical (unpaired) electrons. The van der Waals surface area contributed by atoms with E-state index in [-0.39, 0.29) is 23.7 Å². The molecule has 0 bridgehead atoms. The zero-order valence-corrected chi connectivity index (χ0v) is 22.1. The molecule has 2 aliphatic rings. The molecular weight excluding hydrogens is 492 g/mol. The second-order valence-corrected chi connectivity index (χ2v) is 11.0. The molecule has 36 heavy (non-hydrogen) atoms. The summed E-state index contributed by atoms with van der Waals surface area (Å²) in [5, 5.41) is 0. The molecule has 7 nitrogen and oxygen atoms in total. The lowest BCUT2D eigenvalue weighted by molar-refractivity contribution is -0.122.